The van der Waals surface area contributed by atoms with Crippen molar-refractivity contribution in [3.05, 3.63) is 35.9 Å². The molecule has 1 aromatic heterocycles. The van der Waals surface area contributed by atoms with Gasteiger partial charge >= 0.3 is 5.97 Å². The molecule has 88 valence electrons. The Morgan fingerprint density at radius 1 is 1.62 bits per heavy atom. The van der Waals surface area contributed by atoms with E-state index in [1.165, 1.54) is 6.08 Å². The van der Waals surface area contributed by atoms with Crippen LogP contribution >= 0.6 is 0 Å². The molecule has 0 saturated heterocycles. The second-order valence-corrected chi connectivity index (χ2v) is 3.43. The third-order valence-electron chi connectivity index (χ3n) is 1.90. The molecule has 0 aromatic carbocycles. The van der Waals surface area contributed by atoms with Crippen LogP contribution in [0.4, 0.5) is 0 Å². The van der Waals surface area contributed by atoms with Gasteiger partial charge in [-0.2, -0.15) is 0 Å². The first kappa shape index (κ1) is 12.4. The van der Waals surface area contributed by atoms with Crippen molar-refractivity contribution in [2.75, 3.05) is 6.61 Å². The second-order valence-electron chi connectivity index (χ2n) is 3.43. The Hall–Kier alpha value is -1.71. The van der Waals surface area contributed by atoms with E-state index in [1.807, 2.05) is 26.0 Å². The minimum atomic E-state index is -0.314. The molecule has 1 N–H and O–H groups in total. The fourth-order valence-corrected chi connectivity index (χ4v) is 1.11. The Labute approximate surface area is 95.3 Å². The summed E-state index contributed by atoms with van der Waals surface area (Å²) >= 11 is 0. The van der Waals surface area contributed by atoms with E-state index in [0.717, 1.165) is 17.9 Å². The monoisotopic (exact) mass is 223 g/mol. The zero-order valence-electron chi connectivity index (χ0n) is 9.66. The van der Waals surface area contributed by atoms with E-state index in [1.54, 1.807) is 6.26 Å². The predicted octanol–water partition coefficient (Wildman–Crippen LogP) is 2.23. The van der Waals surface area contributed by atoms with E-state index < -0.39 is 0 Å². The molecule has 0 aliphatic rings. The predicted molar refractivity (Wildman–Crippen MR) is 60.6 cm³/mol. The van der Waals surface area contributed by atoms with Crippen LogP contribution in [-0.2, 0) is 16.1 Å². The summed E-state index contributed by atoms with van der Waals surface area (Å²) < 4.78 is 10.1. The van der Waals surface area contributed by atoms with Crippen molar-refractivity contribution in [2.24, 2.45) is 0 Å². The van der Waals surface area contributed by atoms with Crippen LogP contribution < -0.4 is 5.32 Å². The number of esters is 1. The first-order chi connectivity index (χ1) is 7.72. The van der Waals surface area contributed by atoms with Gasteiger partial charge in [-0.05, 0) is 25.5 Å². The minimum absolute atomic E-state index is 0.314. The van der Waals surface area contributed by atoms with Crippen LogP contribution in [0.3, 0.4) is 0 Å². The van der Waals surface area contributed by atoms with Crippen molar-refractivity contribution < 1.29 is 13.9 Å². The maximum absolute atomic E-state index is 11.2. The van der Waals surface area contributed by atoms with Gasteiger partial charge in [0.2, 0.25) is 0 Å². The minimum Gasteiger partial charge on any atom is -0.467 e. The number of rotatable bonds is 6. The highest BCUT2D eigenvalue weighted by Gasteiger charge is 1.99. The van der Waals surface area contributed by atoms with Gasteiger partial charge in [-0.1, -0.05) is 6.92 Å². The van der Waals surface area contributed by atoms with E-state index in [-0.39, 0.29) is 5.97 Å². The van der Waals surface area contributed by atoms with Gasteiger partial charge in [0.25, 0.3) is 0 Å². The summed E-state index contributed by atoms with van der Waals surface area (Å²) in [7, 11) is 0. The lowest BCUT2D eigenvalue weighted by Crippen LogP contribution is -2.12. The largest absolute Gasteiger partial charge is 0.467 e. The Balaban J connectivity index is 2.30. The van der Waals surface area contributed by atoms with E-state index in [2.05, 4.69) is 5.32 Å². The highest BCUT2D eigenvalue weighted by Crippen LogP contribution is 2.00. The Bertz CT molecular complexity index is 341. The third kappa shape index (κ3) is 4.68. The zero-order valence-corrected chi connectivity index (χ0v) is 9.66. The molecule has 4 nitrogen and oxygen atoms in total. The molecule has 0 bridgehead atoms. The molecule has 1 aromatic rings. The summed E-state index contributed by atoms with van der Waals surface area (Å²) in [6.45, 7) is 4.80. The van der Waals surface area contributed by atoms with Crippen LogP contribution in [0.5, 0.6) is 0 Å². The maximum Gasteiger partial charge on any atom is 0.332 e. The van der Waals surface area contributed by atoms with E-state index >= 15 is 0 Å². The zero-order chi connectivity index (χ0) is 11.8. The highest BCUT2D eigenvalue weighted by molar-refractivity contribution is 5.82. The average Bonchev–Trinajstić information content (AvgIpc) is 2.76. The molecule has 0 atom stereocenters. The molecule has 4 heteroatoms. The summed E-state index contributed by atoms with van der Waals surface area (Å²) in [5, 5.41) is 3.06. The van der Waals surface area contributed by atoms with Gasteiger partial charge in [0.1, 0.15) is 5.76 Å². The molecule has 0 saturated carbocycles. The number of hydrogen-bond acceptors (Lipinski definition) is 4. The van der Waals surface area contributed by atoms with Gasteiger partial charge in [0.15, 0.2) is 0 Å². The summed E-state index contributed by atoms with van der Waals surface area (Å²) in [6, 6.07) is 3.70. The lowest BCUT2D eigenvalue weighted by atomic mass is 10.4. The number of ether oxygens (including phenoxy) is 1. The number of furan rings is 1. The fourth-order valence-electron chi connectivity index (χ4n) is 1.11. The molecular weight excluding hydrogens is 206 g/mol. The van der Waals surface area contributed by atoms with Crippen LogP contribution in [0.2, 0.25) is 0 Å². The van der Waals surface area contributed by atoms with E-state index in [9.17, 15) is 4.79 Å². The summed E-state index contributed by atoms with van der Waals surface area (Å²) in [5.41, 5.74) is 0.762. The van der Waals surface area contributed by atoms with Gasteiger partial charge in [0.05, 0.1) is 19.4 Å². The van der Waals surface area contributed by atoms with Crippen molar-refractivity contribution in [3.8, 4) is 0 Å². The third-order valence-corrected chi connectivity index (χ3v) is 1.90. The number of carbonyl (C=O) groups is 1. The number of hydrogen-bond donors (Lipinski definition) is 1. The quantitative estimate of drug-likeness (QED) is 0.593. The van der Waals surface area contributed by atoms with Crippen LogP contribution in [0, 0.1) is 0 Å². The van der Waals surface area contributed by atoms with Crippen molar-refractivity contribution in [2.45, 2.75) is 26.8 Å². The van der Waals surface area contributed by atoms with E-state index in [0.29, 0.717) is 13.2 Å². The molecule has 1 rings (SSSR count). The molecule has 0 radical (unpaired) electrons. The molecular formula is C12H17NO3. The molecule has 16 heavy (non-hydrogen) atoms. The van der Waals surface area contributed by atoms with Gasteiger partial charge < -0.3 is 14.5 Å². The summed E-state index contributed by atoms with van der Waals surface area (Å²) in [4.78, 5) is 11.2. The van der Waals surface area contributed by atoms with Gasteiger partial charge in [-0.3, -0.25) is 0 Å². The number of carbonyl (C=O) groups excluding carboxylic acids is 1. The van der Waals surface area contributed by atoms with Crippen molar-refractivity contribution in [1.29, 1.82) is 0 Å². The Kier molecular flexibility index (Phi) is 5.19. The fraction of sp³-hybridized carbons (Fsp3) is 0.417. The van der Waals surface area contributed by atoms with Crippen molar-refractivity contribution in [3.63, 3.8) is 0 Å². The molecule has 1 heterocycles. The normalized spacial score (nSPS) is 11.2. The van der Waals surface area contributed by atoms with Crippen LogP contribution in [0.25, 0.3) is 0 Å². The Morgan fingerprint density at radius 3 is 3.06 bits per heavy atom. The van der Waals surface area contributed by atoms with E-state index in [4.69, 9.17) is 9.15 Å². The lowest BCUT2D eigenvalue weighted by molar-refractivity contribution is -0.137. The van der Waals surface area contributed by atoms with Crippen molar-refractivity contribution >= 4 is 5.97 Å². The molecule has 0 spiro atoms. The standard InChI is InChI=1S/C12H17NO3/c1-3-6-16-12(14)8-10(2)13-9-11-5-4-7-15-11/h4-5,7-8,13H,3,6,9H2,1-2H3/b10-8-. The maximum atomic E-state index is 11.2. The average molecular weight is 223 g/mol. The lowest BCUT2D eigenvalue weighted by Gasteiger charge is -2.04. The topological polar surface area (TPSA) is 51.5 Å². The molecule has 0 aliphatic carbocycles. The summed E-state index contributed by atoms with van der Waals surface area (Å²) in [5.74, 6) is 0.515. The molecule has 0 fully saturated rings. The van der Waals surface area contributed by atoms with Gasteiger partial charge in [-0.25, -0.2) is 4.79 Å². The van der Waals surface area contributed by atoms with Crippen LogP contribution in [0.15, 0.2) is 34.6 Å². The SMILES string of the molecule is CCCOC(=O)/C=C(/C)NCc1ccco1. The molecule has 0 amide bonds. The number of nitrogens with one attached hydrogen (secondary N) is 1. The number of allylic oxidation sites excluding steroid dienone is 1. The van der Waals surface area contributed by atoms with Crippen LogP contribution in [0.1, 0.15) is 26.0 Å². The Morgan fingerprint density at radius 2 is 2.44 bits per heavy atom. The van der Waals surface area contributed by atoms with Gasteiger partial charge in [0, 0.05) is 11.8 Å². The highest BCUT2D eigenvalue weighted by atomic mass is 16.5. The molecule has 0 unspecified atom stereocenters. The van der Waals surface area contributed by atoms with Crippen LogP contribution in [-0.4, -0.2) is 12.6 Å². The first-order valence-electron chi connectivity index (χ1n) is 5.33. The van der Waals surface area contributed by atoms with Gasteiger partial charge in [-0.15, -0.1) is 0 Å². The summed E-state index contributed by atoms with van der Waals surface area (Å²) in [6.07, 6.45) is 3.89. The first-order valence-corrected chi connectivity index (χ1v) is 5.33. The smallest absolute Gasteiger partial charge is 0.332 e. The molecule has 0 aliphatic heterocycles. The second kappa shape index (κ2) is 6.71. The van der Waals surface area contributed by atoms with Crippen molar-refractivity contribution in [1.82, 2.24) is 5.32 Å².